The second-order valence-electron chi connectivity index (χ2n) is 13.0. The number of hydrogen-bond acceptors (Lipinski definition) is 5. The van der Waals surface area contributed by atoms with Crippen LogP contribution in [0.4, 0.5) is 5.69 Å². The normalized spacial score (nSPS) is 47.2. The van der Waals surface area contributed by atoms with Gasteiger partial charge in [-0.2, -0.15) is 0 Å². The van der Waals surface area contributed by atoms with Crippen molar-refractivity contribution >= 4 is 23.6 Å². The topological polar surface area (TPSA) is 65.3 Å². The van der Waals surface area contributed by atoms with Gasteiger partial charge in [-0.05, 0) is 94.3 Å². The fraction of sp³-hybridized carbons (Fsp3) is 0.594. The molecule has 5 nitrogen and oxygen atoms in total. The van der Waals surface area contributed by atoms with E-state index in [1.807, 2.05) is 33.3 Å². The Morgan fingerprint density at radius 2 is 1.97 bits per heavy atom. The van der Waals surface area contributed by atoms with Crippen molar-refractivity contribution in [1.29, 1.82) is 0 Å². The van der Waals surface area contributed by atoms with Gasteiger partial charge in [-0.25, -0.2) is 0 Å². The molecule has 3 spiro atoms. The van der Waals surface area contributed by atoms with Crippen molar-refractivity contribution in [2.24, 2.45) is 27.7 Å². The van der Waals surface area contributed by atoms with Crippen LogP contribution in [0.3, 0.4) is 0 Å². The lowest BCUT2D eigenvalue weighted by atomic mass is 9.57. The van der Waals surface area contributed by atoms with Crippen LogP contribution in [0.25, 0.3) is 11.6 Å². The lowest BCUT2D eigenvalue weighted by Gasteiger charge is -2.59. The molecule has 6 aliphatic rings. The van der Waals surface area contributed by atoms with E-state index in [0.29, 0.717) is 11.8 Å². The molecule has 37 heavy (non-hydrogen) atoms. The zero-order chi connectivity index (χ0) is 26.0. The first-order chi connectivity index (χ1) is 17.7. The smallest absolute Gasteiger partial charge is 0.0961 e. The number of rotatable bonds is 4. The number of aliphatic hydroxyl groups is 2. The first kappa shape index (κ1) is 24.0. The highest BCUT2D eigenvalue weighted by molar-refractivity contribution is 5.79. The van der Waals surface area contributed by atoms with Crippen LogP contribution < -0.4 is 0 Å². The first-order valence-corrected chi connectivity index (χ1v) is 14.1. The van der Waals surface area contributed by atoms with Gasteiger partial charge in [0.05, 0.1) is 29.1 Å². The molecular weight excluding hydrogens is 460 g/mol. The molecule has 2 N–H and O–H groups in total. The van der Waals surface area contributed by atoms with Gasteiger partial charge in [-0.3, -0.25) is 4.99 Å². The van der Waals surface area contributed by atoms with Gasteiger partial charge in [0.2, 0.25) is 0 Å². The highest BCUT2D eigenvalue weighted by Gasteiger charge is 2.84. The Bertz CT molecular complexity index is 1280. The van der Waals surface area contributed by atoms with E-state index in [1.165, 1.54) is 16.7 Å². The minimum Gasteiger partial charge on any atom is -0.390 e. The predicted octanol–water partition coefficient (Wildman–Crippen LogP) is 5.16. The number of likely N-dealkylation sites (N-methyl/N-ethyl adjacent to an activating group) is 1. The Kier molecular flexibility index (Phi) is 4.89. The number of hydrogen-bond donors (Lipinski definition) is 2. The highest BCUT2D eigenvalue weighted by atomic mass is 16.5. The van der Waals surface area contributed by atoms with Crippen LogP contribution in [-0.4, -0.2) is 64.9 Å². The monoisotopic (exact) mass is 500 g/mol. The molecule has 0 amide bonds. The van der Waals surface area contributed by atoms with Crippen LogP contribution in [0, 0.1) is 22.7 Å². The van der Waals surface area contributed by atoms with Gasteiger partial charge in [0, 0.05) is 34.6 Å². The Balaban J connectivity index is 1.28. The molecule has 2 heterocycles. The molecule has 2 aliphatic heterocycles. The summed E-state index contributed by atoms with van der Waals surface area (Å²) in [4.78, 5) is 6.60. The first-order valence-electron chi connectivity index (χ1n) is 14.1. The standard InChI is InChI=1S/C32H40N2O3/c1-6-19-16-20(8-10-24(19)33-7-2)21-9-11-26-29(21,3)13-12-22-23-17-31(23)28(36)27(35)25(34(4)5)18-30(31)14-15-32(22,26)37-30/h6-10,12,16,23,25-28,35-36H,1,11,13-15,17-18H2,2-5H3/b33-7-/t23?,25-,26?,27+,28-,29+,30+,31?,32+/m0/s1. The Morgan fingerprint density at radius 3 is 2.70 bits per heavy atom. The van der Waals surface area contributed by atoms with E-state index in [1.54, 1.807) is 0 Å². The largest absolute Gasteiger partial charge is 0.390 e. The Hall–Kier alpha value is -2.05. The van der Waals surface area contributed by atoms with Crippen molar-refractivity contribution < 1.29 is 14.9 Å². The maximum absolute atomic E-state index is 11.5. The van der Waals surface area contributed by atoms with Crippen LogP contribution in [0.5, 0.6) is 0 Å². The third-order valence-electron chi connectivity index (χ3n) is 11.5. The predicted molar refractivity (Wildman–Crippen MR) is 148 cm³/mol. The molecule has 2 bridgehead atoms. The van der Waals surface area contributed by atoms with Gasteiger partial charge in [0.15, 0.2) is 0 Å². The molecule has 0 radical (unpaired) electrons. The highest BCUT2D eigenvalue weighted by Crippen LogP contribution is 2.81. The maximum atomic E-state index is 11.5. The lowest BCUT2D eigenvalue weighted by molar-refractivity contribution is -0.248. The molecule has 2 saturated carbocycles. The summed E-state index contributed by atoms with van der Waals surface area (Å²) < 4.78 is 7.45. The van der Waals surface area contributed by atoms with Crippen LogP contribution in [0.1, 0.15) is 63.5 Å². The van der Waals surface area contributed by atoms with Crippen molar-refractivity contribution in [3.05, 3.63) is 53.6 Å². The molecule has 5 heteroatoms. The van der Waals surface area contributed by atoms with E-state index in [-0.39, 0.29) is 28.1 Å². The minimum atomic E-state index is -0.733. The molecule has 196 valence electrons. The fourth-order valence-corrected chi connectivity index (χ4v) is 9.77. The summed E-state index contributed by atoms with van der Waals surface area (Å²) in [5, 5.41) is 22.6. The second kappa shape index (κ2) is 7.53. The molecule has 2 saturated heterocycles. The second-order valence-corrected chi connectivity index (χ2v) is 13.0. The molecule has 9 atom stereocenters. The van der Waals surface area contributed by atoms with Gasteiger partial charge in [-0.1, -0.05) is 37.8 Å². The summed E-state index contributed by atoms with van der Waals surface area (Å²) in [6.45, 7) is 8.42. The van der Waals surface area contributed by atoms with E-state index < -0.39 is 12.2 Å². The van der Waals surface area contributed by atoms with Crippen LogP contribution in [0.15, 0.2) is 47.5 Å². The summed E-state index contributed by atoms with van der Waals surface area (Å²) in [5.74, 6) is 0.721. The Morgan fingerprint density at radius 1 is 1.16 bits per heavy atom. The molecule has 1 aromatic rings. The van der Waals surface area contributed by atoms with Crippen molar-refractivity contribution in [3.8, 4) is 0 Å². The molecule has 3 unspecified atom stereocenters. The number of nitrogens with zero attached hydrogens (tertiary/aromatic N) is 2. The zero-order valence-electron chi connectivity index (χ0n) is 22.6. The van der Waals surface area contributed by atoms with E-state index in [2.05, 4.69) is 53.7 Å². The molecule has 7 rings (SSSR count). The maximum Gasteiger partial charge on any atom is 0.0961 e. The van der Waals surface area contributed by atoms with Crippen LogP contribution in [-0.2, 0) is 4.74 Å². The van der Waals surface area contributed by atoms with E-state index in [0.717, 1.165) is 49.8 Å². The summed E-state index contributed by atoms with van der Waals surface area (Å²) in [5.41, 5.74) is 5.20. The minimum absolute atomic E-state index is 0.00829. The number of allylic oxidation sites excluding steroid dienone is 3. The third-order valence-corrected chi connectivity index (χ3v) is 11.5. The fourth-order valence-electron chi connectivity index (χ4n) is 9.77. The van der Waals surface area contributed by atoms with Gasteiger partial charge in [-0.15, -0.1) is 0 Å². The molecule has 1 aromatic carbocycles. The average Bonchev–Trinajstić information content (AvgIpc) is 3.41. The molecule has 0 aromatic heterocycles. The third kappa shape index (κ3) is 2.72. The zero-order valence-corrected chi connectivity index (χ0v) is 22.6. The Labute approximate surface area is 220 Å². The van der Waals surface area contributed by atoms with Crippen molar-refractivity contribution in [3.63, 3.8) is 0 Å². The average molecular weight is 501 g/mol. The molecule has 4 fully saturated rings. The van der Waals surface area contributed by atoms with E-state index in [4.69, 9.17) is 4.74 Å². The van der Waals surface area contributed by atoms with Gasteiger partial charge >= 0.3 is 0 Å². The van der Waals surface area contributed by atoms with Crippen LogP contribution in [0.2, 0.25) is 0 Å². The molecular formula is C32H40N2O3. The lowest BCUT2D eigenvalue weighted by Crippen LogP contribution is -2.67. The SMILES string of the molecule is C=Cc1cc(C2=CCC3[C@]2(C)CC=C2C4CC45[C@@H](O)[C@H](O)[C@@H](N(C)C)C[C@]54CC[C@@]23O4)ccc1/N=C\C. The summed E-state index contributed by atoms with van der Waals surface area (Å²) in [7, 11) is 4.02. The van der Waals surface area contributed by atoms with Gasteiger partial charge < -0.3 is 19.8 Å². The van der Waals surface area contributed by atoms with Crippen molar-refractivity contribution in [2.75, 3.05) is 14.1 Å². The van der Waals surface area contributed by atoms with Gasteiger partial charge in [0.25, 0.3) is 0 Å². The number of fused-ring (bicyclic) bond motifs is 2. The van der Waals surface area contributed by atoms with E-state index in [9.17, 15) is 10.2 Å². The van der Waals surface area contributed by atoms with Gasteiger partial charge in [0.1, 0.15) is 0 Å². The number of aliphatic imine (C=N–C) groups is 1. The number of aliphatic hydroxyl groups excluding tert-OH is 2. The summed E-state index contributed by atoms with van der Waals surface area (Å²) >= 11 is 0. The van der Waals surface area contributed by atoms with E-state index >= 15 is 0 Å². The quantitative estimate of drug-likeness (QED) is 0.443. The number of ether oxygens (including phenoxy) is 1. The van der Waals surface area contributed by atoms with Crippen molar-refractivity contribution in [2.45, 2.75) is 81.8 Å². The summed E-state index contributed by atoms with van der Waals surface area (Å²) in [6, 6.07) is 6.49. The van der Waals surface area contributed by atoms with Crippen LogP contribution >= 0.6 is 0 Å². The number of benzene rings is 1. The molecule has 4 aliphatic carbocycles. The summed E-state index contributed by atoms with van der Waals surface area (Å²) in [6.07, 6.45) is 13.0. The van der Waals surface area contributed by atoms with Crippen molar-refractivity contribution in [1.82, 2.24) is 4.90 Å².